The molecule has 0 saturated heterocycles. The number of hydrogen-bond acceptors (Lipinski definition) is 4. The van der Waals surface area contributed by atoms with E-state index in [1.54, 1.807) is 19.9 Å². The van der Waals surface area contributed by atoms with Gasteiger partial charge in [0.1, 0.15) is 0 Å². The largest absolute Gasteiger partial charge is 0.463 e. The summed E-state index contributed by atoms with van der Waals surface area (Å²) >= 11 is 1.43. The highest BCUT2D eigenvalue weighted by atomic mass is 32.1. The van der Waals surface area contributed by atoms with E-state index in [0.717, 1.165) is 4.88 Å². The number of aliphatic hydroxyl groups excluding tert-OH is 1. The van der Waals surface area contributed by atoms with Crippen LogP contribution in [0.4, 0.5) is 0 Å². The van der Waals surface area contributed by atoms with Crippen molar-refractivity contribution in [3.8, 4) is 0 Å². The summed E-state index contributed by atoms with van der Waals surface area (Å²) in [5.74, 6) is -0.360. The first-order chi connectivity index (χ1) is 6.59. The van der Waals surface area contributed by atoms with Crippen molar-refractivity contribution in [1.82, 2.24) is 0 Å². The number of carbonyl (C=O) groups is 1. The van der Waals surface area contributed by atoms with E-state index in [9.17, 15) is 9.90 Å². The van der Waals surface area contributed by atoms with Gasteiger partial charge in [-0.3, -0.25) is 4.79 Å². The van der Waals surface area contributed by atoms with Crippen LogP contribution in [-0.2, 0) is 9.53 Å². The molecule has 1 aromatic heterocycles. The Hall–Kier alpha value is -0.870. The number of ether oxygens (including phenoxy) is 1. The SMILES string of the molecule is CC(C)OC(=O)C[C@H](O)c1cccs1. The highest BCUT2D eigenvalue weighted by molar-refractivity contribution is 7.10. The third-order valence-electron chi connectivity index (χ3n) is 1.60. The van der Waals surface area contributed by atoms with Crippen LogP contribution in [0.15, 0.2) is 17.5 Å². The Kier molecular flexibility index (Phi) is 4.10. The molecule has 1 aromatic rings. The fourth-order valence-corrected chi connectivity index (χ4v) is 1.76. The zero-order valence-corrected chi connectivity index (χ0v) is 9.08. The Bertz CT molecular complexity index is 280. The molecule has 0 aliphatic carbocycles. The lowest BCUT2D eigenvalue weighted by Crippen LogP contribution is -2.14. The fraction of sp³-hybridized carbons (Fsp3) is 0.500. The first-order valence-corrected chi connectivity index (χ1v) is 5.38. The van der Waals surface area contributed by atoms with Crippen LogP contribution >= 0.6 is 11.3 Å². The predicted molar refractivity (Wildman–Crippen MR) is 55.1 cm³/mol. The summed E-state index contributed by atoms with van der Waals surface area (Å²) in [5, 5.41) is 11.5. The van der Waals surface area contributed by atoms with Crippen LogP contribution in [0.3, 0.4) is 0 Å². The number of rotatable bonds is 4. The summed E-state index contributed by atoms with van der Waals surface area (Å²) < 4.78 is 4.92. The second-order valence-corrected chi connectivity index (χ2v) is 4.25. The lowest BCUT2D eigenvalue weighted by molar-refractivity contribution is -0.149. The first-order valence-electron chi connectivity index (χ1n) is 4.50. The van der Waals surface area contributed by atoms with Crippen molar-refractivity contribution in [3.63, 3.8) is 0 Å². The van der Waals surface area contributed by atoms with E-state index in [1.165, 1.54) is 11.3 Å². The van der Waals surface area contributed by atoms with E-state index in [1.807, 2.05) is 11.4 Å². The molecule has 0 amide bonds. The molecule has 0 spiro atoms. The minimum Gasteiger partial charge on any atom is -0.463 e. The summed E-state index contributed by atoms with van der Waals surface area (Å²) in [7, 11) is 0. The van der Waals surface area contributed by atoms with Gasteiger partial charge in [-0.1, -0.05) is 6.07 Å². The van der Waals surface area contributed by atoms with Crippen molar-refractivity contribution in [2.45, 2.75) is 32.5 Å². The quantitative estimate of drug-likeness (QED) is 0.781. The highest BCUT2D eigenvalue weighted by Crippen LogP contribution is 2.21. The molecular weight excluding hydrogens is 200 g/mol. The number of hydrogen-bond donors (Lipinski definition) is 1. The van der Waals surface area contributed by atoms with Crippen LogP contribution in [0.25, 0.3) is 0 Å². The summed E-state index contributed by atoms with van der Waals surface area (Å²) in [6.07, 6.45) is -0.835. The summed E-state index contributed by atoms with van der Waals surface area (Å²) in [6, 6.07) is 3.65. The van der Waals surface area contributed by atoms with Crippen molar-refractivity contribution in [2.24, 2.45) is 0 Å². The van der Waals surface area contributed by atoms with E-state index >= 15 is 0 Å². The topological polar surface area (TPSA) is 46.5 Å². The van der Waals surface area contributed by atoms with E-state index < -0.39 is 6.10 Å². The molecular formula is C10H14O3S. The Morgan fingerprint density at radius 3 is 2.86 bits per heavy atom. The van der Waals surface area contributed by atoms with Crippen molar-refractivity contribution in [2.75, 3.05) is 0 Å². The van der Waals surface area contributed by atoms with Gasteiger partial charge in [-0.15, -0.1) is 11.3 Å². The van der Waals surface area contributed by atoms with E-state index in [-0.39, 0.29) is 18.5 Å². The summed E-state index contributed by atoms with van der Waals surface area (Å²) in [4.78, 5) is 12.0. The van der Waals surface area contributed by atoms with Gasteiger partial charge in [-0.25, -0.2) is 0 Å². The Morgan fingerprint density at radius 1 is 1.64 bits per heavy atom. The predicted octanol–water partition coefficient (Wildman–Crippen LogP) is 2.12. The van der Waals surface area contributed by atoms with Crippen LogP contribution < -0.4 is 0 Å². The Labute approximate surface area is 87.3 Å². The van der Waals surface area contributed by atoms with E-state index in [2.05, 4.69) is 0 Å². The molecule has 0 aliphatic heterocycles. The van der Waals surface area contributed by atoms with Gasteiger partial charge in [0.05, 0.1) is 18.6 Å². The van der Waals surface area contributed by atoms with E-state index in [0.29, 0.717) is 0 Å². The second-order valence-electron chi connectivity index (χ2n) is 3.27. The fourth-order valence-electron chi connectivity index (χ4n) is 1.05. The lowest BCUT2D eigenvalue weighted by Gasteiger charge is -2.10. The Morgan fingerprint density at radius 2 is 2.36 bits per heavy atom. The standard InChI is InChI=1S/C10H14O3S/c1-7(2)13-10(12)6-8(11)9-4-3-5-14-9/h3-5,7-8,11H,6H2,1-2H3/t8-/m0/s1. The molecule has 1 N–H and O–H groups in total. The Balaban J connectivity index is 2.41. The smallest absolute Gasteiger partial charge is 0.309 e. The molecule has 0 radical (unpaired) electrons. The molecule has 14 heavy (non-hydrogen) atoms. The third kappa shape index (κ3) is 3.47. The minimum absolute atomic E-state index is 0.0265. The van der Waals surface area contributed by atoms with Crippen LogP contribution in [0.5, 0.6) is 0 Å². The van der Waals surface area contributed by atoms with Gasteiger partial charge >= 0.3 is 5.97 Å². The molecule has 0 fully saturated rings. The average Bonchev–Trinajstić information content (AvgIpc) is 2.53. The van der Waals surface area contributed by atoms with Crippen LogP contribution in [0.2, 0.25) is 0 Å². The molecule has 4 heteroatoms. The van der Waals surface area contributed by atoms with Crippen molar-refractivity contribution < 1.29 is 14.6 Å². The van der Waals surface area contributed by atoms with Crippen LogP contribution in [0, 0.1) is 0 Å². The van der Waals surface area contributed by atoms with Gasteiger partial charge in [0, 0.05) is 4.88 Å². The maximum atomic E-state index is 11.2. The zero-order valence-electron chi connectivity index (χ0n) is 8.27. The molecule has 0 aromatic carbocycles. The van der Waals surface area contributed by atoms with Gasteiger partial charge in [0.25, 0.3) is 0 Å². The molecule has 0 saturated carbocycles. The monoisotopic (exact) mass is 214 g/mol. The normalized spacial score (nSPS) is 12.9. The maximum Gasteiger partial charge on any atom is 0.309 e. The van der Waals surface area contributed by atoms with Crippen molar-refractivity contribution in [3.05, 3.63) is 22.4 Å². The lowest BCUT2D eigenvalue weighted by atomic mass is 10.2. The zero-order chi connectivity index (χ0) is 10.6. The molecule has 0 bridgehead atoms. The molecule has 78 valence electrons. The van der Waals surface area contributed by atoms with E-state index in [4.69, 9.17) is 4.74 Å². The molecule has 3 nitrogen and oxygen atoms in total. The molecule has 1 heterocycles. The van der Waals surface area contributed by atoms with Gasteiger partial charge in [0.2, 0.25) is 0 Å². The molecule has 1 rings (SSSR count). The van der Waals surface area contributed by atoms with Crippen LogP contribution in [-0.4, -0.2) is 17.2 Å². The molecule has 0 aliphatic rings. The number of carbonyl (C=O) groups excluding carboxylic acids is 1. The average molecular weight is 214 g/mol. The van der Waals surface area contributed by atoms with Crippen molar-refractivity contribution >= 4 is 17.3 Å². The van der Waals surface area contributed by atoms with Crippen LogP contribution in [0.1, 0.15) is 31.2 Å². The minimum atomic E-state index is -0.735. The summed E-state index contributed by atoms with van der Waals surface area (Å²) in [6.45, 7) is 3.57. The van der Waals surface area contributed by atoms with Gasteiger partial charge in [-0.2, -0.15) is 0 Å². The summed E-state index contributed by atoms with van der Waals surface area (Å²) in [5.41, 5.74) is 0. The van der Waals surface area contributed by atoms with Gasteiger partial charge in [-0.05, 0) is 25.3 Å². The first kappa shape index (κ1) is 11.2. The molecule has 0 unspecified atom stereocenters. The van der Waals surface area contributed by atoms with Gasteiger partial charge < -0.3 is 9.84 Å². The maximum absolute atomic E-state index is 11.2. The second kappa shape index (κ2) is 5.12. The third-order valence-corrected chi connectivity index (χ3v) is 2.57. The highest BCUT2D eigenvalue weighted by Gasteiger charge is 2.15. The number of thiophene rings is 1. The molecule has 1 atom stereocenters. The number of esters is 1. The van der Waals surface area contributed by atoms with Gasteiger partial charge in [0.15, 0.2) is 0 Å². The number of aliphatic hydroxyl groups is 1. The van der Waals surface area contributed by atoms with Crippen molar-refractivity contribution in [1.29, 1.82) is 0 Å².